The van der Waals surface area contributed by atoms with E-state index in [2.05, 4.69) is 6.92 Å². The summed E-state index contributed by atoms with van der Waals surface area (Å²) in [5.74, 6) is 2.85. The lowest BCUT2D eigenvalue weighted by atomic mass is 9.74. The van der Waals surface area contributed by atoms with Crippen LogP contribution in [0.25, 0.3) is 0 Å². The fourth-order valence-electron chi connectivity index (χ4n) is 5.05. The summed E-state index contributed by atoms with van der Waals surface area (Å²) in [5, 5.41) is 0. The number of carbonyl (C=O) groups is 1. The fourth-order valence-corrected chi connectivity index (χ4v) is 5.05. The van der Waals surface area contributed by atoms with E-state index in [1.54, 1.807) is 12.1 Å². The van der Waals surface area contributed by atoms with Crippen molar-refractivity contribution in [1.29, 1.82) is 0 Å². The molecule has 2 unspecified atom stereocenters. The third-order valence-electron chi connectivity index (χ3n) is 7.05. The average Bonchev–Trinajstić information content (AvgIpc) is 2.84. The molecule has 180 valence electrons. The molecule has 0 amide bonds. The van der Waals surface area contributed by atoms with Crippen LogP contribution < -0.4 is 9.47 Å². The Hall–Kier alpha value is -2.29. The van der Waals surface area contributed by atoms with Gasteiger partial charge in [0.1, 0.15) is 11.5 Å². The minimum atomic E-state index is -0.344. The normalized spacial score (nSPS) is 18.1. The van der Waals surface area contributed by atoms with E-state index >= 15 is 0 Å². The van der Waals surface area contributed by atoms with Gasteiger partial charge >= 0.3 is 5.97 Å². The number of carbonyl (C=O) groups excluding carboxylic acids is 1. The number of unbranched alkanes of at least 4 members (excludes halogenated alkanes) is 4. The maximum absolute atomic E-state index is 12.3. The zero-order valence-electron chi connectivity index (χ0n) is 20.7. The molecule has 0 N–H and O–H groups in total. The van der Waals surface area contributed by atoms with Gasteiger partial charge in [-0.2, -0.15) is 0 Å². The second-order valence-corrected chi connectivity index (χ2v) is 9.73. The summed E-state index contributed by atoms with van der Waals surface area (Å²) in [6.45, 7) is 5.04. The Morgan fingerprint density at radius 3 is 2.06 bits per heavy atom. The van der Waals surface area contributed by atoms with Crippen LogP contribution >= 0.6 is 0 Å². The van der Waals surface area contributed by atoms with E-state index in [9.17, 15) is 4.79 Å². The van der Waals surface area contributed by atoms with Gasteiger partial charge < -0.3 is 9.47 Å². The third-order valence-corrected chi connectivity index (χ3v) is 7.05. The van der Waals surface area contributed by atoms with Crippen molar-refractivity contribution in [2.45, 2.75) is 90.9 Å². The number of benzene rings is 2. The number of hydrogen-bond donors (Lipinski definition) is 0. The van der Waals surface area contributed by atoms with Crippen LogP contribution in [0.15, 0.2) is 48.5 Å². The second kappa shape index (κ2) is 14.1. The predicted octanol–water partition coefficient (Wildman–Crippen LogP) is 8.54. The molecule has 0 spiro atoms. The van der Waals surface area contributed by atoms with Crippen LogP contribution in [0.1, 0.15) is 99.9 Å². The largest absolute Gasteiger partial charge is 0.494 e. The first kappa shape index (κ1) is 25.3. The van der Waals surface area contributed by atoms with Crippen molar-refractivity contribution in [2.75, 3.05) is 6.61 Å². The summed E-state index contributed by atoms with van der Waals surface area (Å²) in [4.78, 5) is 12.3. The molecule has 0 aliphatic heterocycles. The second-order valence-electron chi connectivity index (χ2n) is 9.73. The molecular weight excluding hydrogens is 408 g/mol. The highest BCUT2D eigenvalue weighted by molar-refractivity contribution is 5.91. The number of ether oxygens (including phenoxy) is 2. The van der Waals surface area contributed by atoms with Crippen LogP contribution in [-0.4, -0.2) is 12.6 Å². The summed E-state index contributed by atoms with van der Waals surface area (Å²) in [5.41, 5.74) is 1.67. The molecule has 0 saturated heterocycles. The summed E-state index contributed by atoms with van der Waals surface area (Å²) in [7, 11) is 0. The van der Waals surface area contributed by atoms with E-state index in [0.717, 1.165) is 36.2 Å². The molecule has 0 heterocycles. The van der Waals surface area contributed by atoms with Gasteiger partial charge in [-0.1, -0.05) is 88.8 Å². The first-order valence-corrected chi connectivity index (χ1v) is 13.2. The minimum Gasteiger partial charge on any atom is -0.494 e. The third kappa shape index (κ3) is 8.87. The number of rotatable bonds is 13. The lowest BCUT2D eigenvalue weighted by Gasteiger charge is -2.31. The maximum atomic E-state index is 12.3. The van der Waals surface area contributed by atoms with Crippen LogP contribution in [-0.2, 0) is 0 Å². The quantitative estimate of drug-likeness (QED) is 0.174. The van der Waals surface area contributed by atoms with Crippen LogP contribution in [0.5, 0.6) is 11.5 Å². The molecule has 33 heavy (non-hydrogen) atoms. The van der Waals surface area contributed by atoms with Gasteiger partial charge in [0.15, 0.2) is 0 Å². The lowest BCUT2D eigenvalue weighted by Crippen LogP contribution is -2.20. The molecule has 1 aliphatic carbocycles. The Bertz CT molecular complexity index is 809. The fraction of sp³-hybridized carbons (Fsp3) is 0.567. The van der Waals surface area contributed by atoms with E-state index in [1.807, 2.05) is 43.3 Å². The van der Waals surface area contributed by atoms with E-state index in [-0.39, 0.29) is 5.97 Å². The van der Waals surface area contributed by atoms with Gasteiger partial charge in [0.05, 0.1) is 12.2 Å². The van der Waals surface area contributed by atoms with Gasteiger partial charge in [0.2, 0.25) is 0 Å². The molecule has 3 rings (SSSR count). The van der Waals surface area contributed by atoms with Crippen LogP contribution in [0.4, 0.5) is 0 Å². The van der Waals surface area contributed by atoms with Gasteiger partial charge in [0.25, 0.3) is 0 Å². The molecule has 0 radical (unpaired) electrons. The number of esters is 1. The molecule has 1 fully saturated rings. The highest BCUT2D eigenvalue weighted by Crippen LogP contribution is 2.36. The van der Waals surface area contributed by atoms with Gasteiger partial charge in [-0.15, -0.1) is 0 Å². The maximum Gasteiger partial charge on any atom is 0.343 e. The molecule has 2 aromatic rings. The van der Waals surface area contributed by atoms with Gasteiger partial charge in [-0.3, -0.25) is 0 Å². The Balaban J connectivity index is 1.36. The Morgan fingerprint density at radius 2 is 1.39 bits per heavy atom. The van der Waals surface area contributed by atoms with Crippen molar-refractivity contribution in [3.8, 4) is 11.5 Å². The summed E-state index contributed by atoms with van der Waals surface area (Å²) >= 11 is 0. The molecule has 2 atom stereocenters. The standard InChI is InChI=1S/C30H42O3/c1-3-4-5-6-7-11-25-12-8-9-13-26(25)14-10-23-32-28-21-17-27(18-22-28)30(31)33-29-19-15-24(2)16-20-29/h15-22,25-26H,3-14,23H2,1-2H3. The first-order chi connectivity index (χ1) is 16.2. The van der Waals surface area contributed by atoms with Gasteiger partial charge in [-0.25, -0.2) is 4.79 Å². The molecule has 1 saturated carbocycles. The average molecular weight is 451 g/mol. The monoisotopic (exact) mass is 450 g/mol. The summed E-state index contributed by atoms with van der Waals surface area (Å²) in [6, 6.07) is 14.8. The van der Waals surface area contributed by atoms with Crippen molar-refractivity contribution < 1.29 is 14.3 Å². The van der Waals surface area contributed by atoms with Crippen molar-refractivity contribution in [1.82, 2.24) is 0 Å². The SMILES string of the molecule is CCCCCCCC1CCCCC1CCCOc1ccc(C(=O)Oc2ccc(C)cc2)cc1. The van der Waals surface area contributed by atoms with Crippen molar-refractivity contribution >= 4 is 5.97 Å². The molecule has 1 aliphatic rings. The predicted molar refractivity (Wildman–Crippen MR) is 136 cm³/mol. The molecular formula is C30H42O3. The van der Waals surface area contributed by atoms with Crippen LogP contribution in [0.2, 0.25) is 0 Å². The lowest BCUT2D eigenvalue weighted by molar-refractivity contribution is 0.0734. The van der Waals surface area contributed by atoms with Crippen LogP contribution in [0.3, 0.4) is 0 Å². The van der Waals surface area contributed by atoms with Gasteiger partial charge in [0, 0.05) is 0 Å². The Morgan fingerprint density at radius 1 is 0.788 bits per heavy atom. The molecule has 2 aromatic carbocycles. The van der Waals surface area contributed by atoms with E-state index in [4.69, 9.17) is 9.47 Å². The van der Waals surface area contributed by atoms with Gasteiger partial charge in [-0.05, 0) is 68.0 Å². The van der Waals surface area contributed by atoms with Crippen molar-refractivity contribution in [3.63, 3.8) is 0 Å². The minimum absolute atomic E-state index is 0.344. The topological polar surface area (TPSA) is 35.5 Å². The molecule has 0 aromatic heterocycles. The Labute approximate surface area is 200 Å². The smallest absolute Gasteiger partial charge is 0.343 e. The number of aryl methyl sites for hydroxylation is 1. The zero-order chi connectivity index (χ0) is 23.3. The van der Waals surface area contributed by atoms with E-state index in [1.165, 1.54) is 70.6 Å². The van der Waals surface area contributed by atoms with E-state index < -0.39 is 0 Å². The highest BCUT2D eigenvalue weighted by atomic mass is 16.5. The highest BCUT2D eigenvalue weighted by Gasteiger charge is 2.24. The molecule has 3 heteroatoms. The molecule has 0 bridgehead atoms. The summed E-state index contributed by atoms with van der Waals surface area (Å²) in [6.07, 6.45) is 16.4. The van der Waals surface area contributed by atoms with E-state index in [0.29, 0.717) is 11.3 Å². The van der Waals surface area contributed by atoms with Crippen molar-refractivity contribution in [2.24, 2.45) is 11.8 Å². The zero-order valence-corrected chi connectivity index (χ0v) is 20.7. The van der Waals surface area contributed by atoms with Crippen molar-refractivity contribution in [3.05, 3.63) is 59.7 Å². The summed E-state index contributed by atoms with van der Waals surface area (Å²) < 4.78 is 11.4. The van der Waals surface area contributed by atoms with Crippen LogP contribution in [0, 0.1) is 18.8 Å². The number of hydrogen-bond acceptors (Lipinski definition) is 3. The Kier molecular flexibility index (Phi) is 10.8. The first-order valence-electron chi connectivity index (χ1n) is 13.2. The molecule has 3 nitrogen and oxygen atoms in total.